The van der Waals surface area contributed by atoms with Gasteiger partial charge in [-0.2, -0.15) is 0 Å². The summed E-state index contributed by atoms with van der Waals surface area (Å²) in [4.78, 5) is 8.91. The molecule has 2 heterocycles. The highest BCUT2D eigenvalue weighted by Crippen LogP contribution is 2.32. The quantitative estimate of drug-likeness (QED) is 0.588. The first-order valence-electron chi connectivity index (χ1n) is 8.16. The Morgan fingerprint density at radius 3 is 2.54 bits per heavy atom. The van der Waals surface area contributed by atoms with E-state index in [2.05, 4.69) is 10.3 Å². The Balaban J connectivity index is 1.83. The van der Waals surface area contributed by atoms with Crippen LogP contribution in [0.2, 0.25) is 0 Å². The molecule has 0 fully saturated rings. The van der Waals surface area contributed by atoms with Crippen LogP contribution in [0.25, 0.3) is 16.9 Å². The number of benzene rings is 2. The number of hydrogen-bond donors (Lipinski definition) is 1. The van der Waals surface area contributed by atoms with Crippen molar-refractivity contribution in [2.45, 2.75) is 0 Å². The van der Waals surface area contributed by atoms with Crippen LogP contribution in [-0.2, 0) is 0 Å². The lowest BCUT2D eigenvalue weighted by atomic mass is 10.1. The third kappa shape index (κ3) is 2.93. The first kappa shape index (κ1) is 16.0. The molecule has 0 unspecified atom stereocenters. The summed E-state index contributed by atoms with van der Waals surface area (Å²) in [5.41, 5.74) is 3.50. The molecule has 0 bridgehead atoms. The van der Waals surface area contributed by atoms with Gasteiger partial charge in [-0.15, -0.1) is 0 Å². The van der Waals surface area contributed by atoms with Crippen molar-refractivity contribution in [2.75, 3.05) is 19.5 Å². The lowest BCUT2D eigenvalue weighted by Gasteiger charge is -2.10. The Bertz CT molecular complexity index is 1040. The average molecular weight is 346 g/mol. The smallest absolute Gasteiger partial charge is 0.157 e. The van der Waals surface area contributed by atoms with Crippen molar-refractivity contribution in [1.29, 1.82) is 0 Å². The van der Waals surface area contributed by atoms with Crippen molar-refractivity contribution < 1.29 is 9.47 Å². The molecule has 4 rings (SSSR count). The first-order valence-corrected chi connectivity index (χ1v) is 8.16. The zero-order valence-electron chi connectivity index (χ0n) is 14.5. The number of methoxy groups -OCH3 is 2. The fourth-order valence-electron chi connectivity index (χ4n) is 2.81. The standard InChI is InChI=1S/C20H18N4O2/c1-25-16-8-6-14(7-9-16)19-20(24-11-10-21-13-18(24)23-19)22-15-4-3-5-17(12-15)26-2/h3-13,22H,1-2H3. The van der Waals surface area contributed by atoms with E-state index in [0.717, 1.165) is 39.9 Å². The molecule has 2 aromatic carbocycles. The van der Waals surface area contributed by atoms with Crippen LogP contribution in [-0.4, -0.2) is 28.6 Å². The second-order valence-corrected chi connectivity index (χ2v) is 5.70. The van der Waals surface area contributed by atoms with E-state index in [1.807, 2.05) is 59.1 Å². The van der Waals surface area contributed by atoms with Gasteiger partial charge in [-0.05, 0) is 36.4 Å². The van der Waals surface area contributed by atoms with E-state index >= 15 is 0 Å². The summed E-state index contributed by atoms with van der Waals surface area (Å²) in [6.45, 7) is 0. The number of nitrogens with zero attached hydrogens (tertiary/aromatic N) is 3. The SMILES string of the molecule is COc1ccc(-c2nc3cnccn3c2Nc2cccc(OC)c2)cc1. The maximum Gasteiger partial charge on any atom is 0.157 e. The summed E-state index contributed by atoms with van der Waals surface area (Å²) in [5, 5.41) is 3.46. The third-order valence-electron chi connectivity index (χ3n) is 4.13. The molecule has 0 amide bonds. The van der Waals surface area contributed by atoms with Crippen molar-refractivity contribution >= 4 is 17.2 Å². The van der Waals surface area contributed by atoms with Crippen LogP contribution in [0.15, 0.2) is 67.1 Å². The van der Waals surface area contributed by atoms with Crippen molar-refractivity contribution in [3.8, 4) is 22.8 Å². The van der Waals surface area contributed by atoms with Crippen LogP contribution in [0.4, 0.5) is 11.5 Å². The maximum atomic E-state index is 5.32. The van der Waals surface area contributed by atoms with Crippen molar-refractivity contribution in [2.24, 2.45) is 0 Å². The first-order chi connectivity index (χ1) is 12.8. The molecule has 130 valence electrons. The van der Waals surface area contributed by atoms with Crippen LogP contribution in [0.3, 0.4) is 0 Å². The van der Waals surface area contributed by atoms with E-state index < -0.39 is 0 Å². The molecule has 2 aromatic heterocycles. The molecule has 0 aliphatic carbocycles. The van der Waals surface area contributed by atoms with Crippen LogP contribution < -0.4 is 14.8 Å². The Labute approximate surface area is 151 Å². The Morgan fingerprint density at radius 1 is 0.962 bits per heavy atom. The van der Waals surface area contributed by atoms with Gasteiger partial charge in [-0.1, -0.05) is 6.07 Å². The third-order valence-corrected chi connectivity index (χ3v) is 4.13. The van der Waals surface area contributed by atoms with Crippen molar-refractivity contribution in [3.05, 3.63) is 67.1 Å². The minimum Gasteiger partial charge on any atom is -0.497 e. The molecular weight excluding hydrogens is 328 g/mol. The molecule has 0 atom stereocenters. The molecule has 4 aromatic rings. The van der Waals surface area contributed by atoms with Gasteiger partial charge in [0, 0.05) is 29.7 Å². The van der Waals surface area contributed by atoms with Crippen LogP contribution in [0.5, 0.6) is 11.5 Å². The number of fused-ring (bicyclic) bond motifs is 1. The van der Waals surface area contributed by atoms with Crippen molar-refractivity contribution in [1.82, 2.24) is 14.4 Å². The number of ether oxygens (including phenoxy) is 2. The van der Waals surface area contributed by atoms with E-state index in [-0.39, 0.29) is 0 Å². The second kappa shape index (κ2) is 6.76. The van der Waals surface area contributed by atoms with Gasteiger partial charge >= 0.3 is 0 Å². The van der Waals surface area contributed by atoms with Crippen LogP contribution in [0, 0.1) is 0 Å². The summed E-state index contributed by atoms with van der Waals surface area (Å²) in [7, 11) is 3.31. The van der Waals surface area contributed by atoms with E-state index in [1.54, 1.807) is 26.6 Å². The molecule has 0 aliphatic heterocycles. The van der Waals surface area contributed by atoms with Crippen molar-refractivity contribution in [3.63, 3.8) is 0 Å². The number of rotatable bonds is 5. The molecule has 0 saturated heterocycles. The number of hydrogen-bond acceptors (Lipinski definition) is 5. The lowest BCUT2D eigenvalue weighted by Crippen LogP contribution is -1.97. The van der Waals surface area contributed by atoms with Gasteiger partial charge < -0.3 is 14.8 Å². The monoisotopic (exact) mass is 346 g/mol. The second-order valence-electron chi connectivity index (χ2n) is 5.70. The van der Waals surface area contributed by atoms with Gasteiger partial charge in [0.1, 0.15) is 23.0 Å². The highest BCUT2D eigenvalue weighted by molar-refractivity contribution is 5.79. The summed E-state index contributed by atoms with van der Waals surface area (Å²) >= 11 is 0. The maximum absolute atomic E-state index is 5.32. The highest BCUT2D eigenvalue weighted by Gasteiger charge is 2.15. The van der Waals surface area contributed by atoms with Gasteiger partial charge in [-0.3, -0.25) is 9.38 Å². The molecule has 0 aliphatic rings. The van der Waals surface area contributed by atoms with Gasteiger partial charge in [-0.25, -0.2) is 4.98 Å². The van der Waals surface area contributed by atoms with Crippen LogP contribution in [0.1, 0.15) is 0 Å². The highest BCUT2D eigenvalue weighted by atomic mass is 16.5. The van der Waals surface area contributed by atoms with Gasteiger partial charge in [0.2, 0.25) is 0 Å². The van der Waals surface area contributed by atoms with E-state index in [0.29, 0.717) is 0 Å². The largest absolute Gasteiger partial charge is 0.497 e. The minimum atomic E-state index is 0.767. The minimum absolute atomic E-state index is 0.767. The lowest BCUT2D eigenvalue weighted by molar-refractivity contribution is 0.415. The topological polar surface area (TPSA) is 60.7 Å². The van der Waals surface area contributed by atoms with E-state index in [4.69, 9.17) is 14.5 Å². The molecule has 0 radical (unpaired) electrons. The zero-order chi connectivity index (χ0) is 17.9. The number of nitrogens with one attached hydrogen (secondary N) is 1. The van der Waals surface area contributed by atoms with Gasteiger partial charge in [0.15, 0.2) is 5.65 Å². The van der Waals surface area contributed by atoms with Gasteiger partial charge in [0.25, 0.3) is 0 Å². The summed E-state index contributed by atoms with van der Waals surface area (Å²) < 4.78 is 12.5. The predicted molar refractivity (Wildman–Crippen MR) is 101 cm³/mol. The van der Waals surface area contributed by atoms with E-state index in [1.165, 1.54) is 0 Å². The van der Waals surface area contributed by atoms with E-state index in [9.17, 15) is 0 Å². The number of imidazole rings is 1. The molecule has 6 nitrogen and oxygen atoms in total. The Morgan fingerprint density at radius 2 is 1.77 bits per heavy atom. The number of aromatic nitrogens is 3. The Hall–Kier alpha value is -3.54. The molecule has 26 heavy (non-hydrogen) atoms. The average Bonchev–Trinajstić information content (AvgIpc) is 3.07. The summed E-state index contributed by atoms with van der Waals surface area (Å²) in [5.74, 6) is 2.46. The normalized spacial score (nSPS) is 10.7. The molecule has 0 saturated carbocycles. The molecule has 1 N–H and O–H groups in total. The summed E-state index contributed by atoms with van der Waals surface area (Å²) in [6, 6.07) is 15.6. The molecule has 0 spiro atoms. The fraction of sp³-hybridized carbons (Fsp3) is 0.100. The fourth-order valence-corrected chi connectivity index (χ4v) is 2.81. The number of anilines is 2. The molecule has 6 heteroatoms. The Kier molecular flexibility index (Phi) is 4.15. The van der Waals surface area contributed by atoms with Crippen LogP contribution >= 0.6 is 0 Å². The zero-order valence-corrected chi connectivity index (χ0v) is 14.5. The summed E-state index contributed by atoms with van der Waals surface area (Å²) in [6.07, 6.45) is 5.37. The predicted octanol–water partition coefficient (Wildman–Crippen LogP) is 4.16. The van der Waals surface area contributed by atoms with Gasteiger partial charge in [0.05, 0.1) is 20.4 Å². The molecular formula is C20H18N4O2.